The van der Waals surface area contributed by atoms with Gasteiger partial charge in [-0.3, -0.25) is 9.59 Å². The highest BCUT2D eigenvalue weighted by Crippen LogP contribution is 2.37. The molecule has 0 radical (unpaired) electrons. The quantitative estimate of drug-likeness (QED) is 0.112. The van der Waals surface area contributed by atoms with Crippen molar-refractivity contribution in [1.82, 2.24) is 10.7 Å². The lowest BCUT2D eigenvalue weighted by Crippen LogP contribution is -2.50. The summed E-state index contributed by atoms with van der Waals surface area (Å²) in [6.07, 6.45) is 0.758. The molecule has 11 heteroatoms. The van der Waals surface area contributed by atoms with Crippen LogP contribution in [0.1, 0.15) is 29.2 Å². The maximum absolute atomic E-state index is 13.3. The van der Waals surface area contributed by atoms with Crippen LogP contribution < -0.4 is 25.0 Å². The van der Waals surface area contributed by atoms with E-state index in [0.29, 0.717) is 38.9 Å². The molecule has 2 atom stereocenters. The van der Waals surface area contributed by atoms with Gasteiger partial charge in [0.25, 0.3) is 11.8 Å². The number of carbonyl (C=O) groups excluding carboxylic acids is 2. The van der Waals surface area contributed by atoms with E-state index in [0.717, 1.165) is 11.1 Å². The van der Waals surface area contributed by atoms with Crippen molar-refractivity contribution in [2.75, 3.05) is 7.11 Å². The zero-order valence-electron chi connectivity index (χ0n) is 24.9. The average molecular weight is 713 g/mol. The van der Waals surface area contributed by atoms with Crippen LogP contribution in [0.4, 0.5) is 0 Å². The number of nitrogens with one attached hydrogen (secondary N) is 2. The van der Waals surface area contributed by atoms with E-state index in [4.69, 9.17) is 37.4 Å². The highest BCUT2D eigenvalue weighted by atomic mass is 79.9. The maximum Gasteiger partial charge on any atom is 0.262 e. The fraction of sp³-hybridized carbons (Fsp3) is 0.206. The molecule has 45 heavy (non-hydrogen) atoms. The number of hydrogen-bond acceptors (Lipinski definition) is 6. The van der Waals surface area contributed by atoms with E-state index < -0.39 is 24.0 Å². The fourth-order valence-corrected chi connectivity index (χ4v) is 5.23. The van der Waals surface area contributed by atoms with Gasteiger partial charge in [-0.05, 0) is 76.8 Å². The van der Waals surface area contributed by atoms with Gasteiger partial charge < -0.3 is 19.5 Å². The molecular formula is C34H32BrCl2N3O5. The number of hydrazone groups is 1. The largest absolute Gasteiger partial charge is 0.493 e. The Bertz CT molecular complexity index is 1650. The number of halogens is 3. The number of methoxy groups -OCH3 is 1. The van der Waals surface area contributed by atoms with Crippen molar-refractivity contribution in [3.05, 3.63) is 122 Å². The molecule has 4 rings (SSSR count). The van der Waals surface area contributed by atoms with E-state index in [1.165, 1.54) is 17.8 Å². The number of rotatable bonds is 13. The van der Waals surface area contributed by atoms with Crippen molar-refractivity contribution < 1.29 is 23.8 Å². The van der Waals surface area contributed by atoms with Crippen LogP contribution in [0.2, 0.25) is 10.0 Å². The second-order valence-corrected chi connectivity index (χ2v) is 11.8. The van der Waals surface area contributed by atoms with Gasteiger partial charge in [0.15, 0.2) is 17.6 Å². The standard InChI is InChI=1S/C34H32BrCl2N3O5/c1-21-9-11-24(12-10-21)20-44-32-27(35)15-25(17-31(32)43-3)19-38-40-34(42)29(16-23-7-5-4-6-8-23)39-33(41)22(2)45-30-14-13-26(36)18-28(30)37/h4-15,17-19,22,29H,16,20H2,1-3H3,(H,39,41)(H,40,42)/b38-19-/t22-,29+/m1/s1. The summed E-state index contributed by atoms with van der Waals surface area (Å²) in [7, 11) is 1.55. The van der Waals surface area contributed by atoms with Gasteiger partial charge in [-0.1, -0.05) is 83.4 Å². The highest BCUT2D eigenvalue weighted by molar-refractivity contribution is 9.10. The predicted octanol–water partition coefficient (Wildman–Crippen LogP) is 7.30. The summed E-state index contributed by atoms with van der Waals surface area (Å²) < 4.78 is 18.0. The molecule has 0 heterocycles. The minimum absolute atomic E-state index is 0.231. The Hall–Kier alpha value is -4.05. The third-order valence-electron chi connectivity index (χ3n) is 6.63. The van der Waals surface area contributed by atoms with Gasteiger partial charge >= 0.3 is 0 Å². The Labute approximate surface area is 280 Å². The van der Waals surface area contributed by atoms with Crippen molar-refractivity contribution >= 4 is 57.2 Å². The summed E-state index contributed by atoms with van der Waals surface area (Å²) >= 11 is 15.7. The number of nitrogens with zero attached hydrogens (tertiary/aromatic N) is 1. The van der Waals surface area contributed by atoms with Crippen molar-refractivity contribution in [3.63, 3.8) is 0 Å². The zero-order valence-corrected chi connectivity index (χ0v) is 27.9. The monoisotopic (exact) mass is 711 g/mol. The van der Waals surface area contributed by atoms with Crippen LogP contribution in [0.3, 0.4) is 0 Å². The maximum atomic E-state index is 13.3. The second-order valence-electron chi connectivity index (χ2n) is 10.1. The molecule has 2 N–H and O–H groups in total. The van der Waals surface area contributed by atoms with E-state index >= 15 is 0 Å². The number of amides is 2. The topological polar surface area (TPSA) is 98.2 Å². The molecular weight excluding hydrogens is 681 g/mol. The molecule has 0 fully saturated rings. The minimum atomic E-state index is -0.949. The first kappa shape index (κ1) is 33.8. The Kier molecular flexibility index (Phi) is 12.3. The van der Waals surface area contributed by atoms with E-state index in [1.54, 1.807) is 38.3 Å². The summed E-state index contributed by atoms with van der Waals surface area (Å²) in [6.45, 7) is 3.96. The Morgan fingerprint density at radius 3 is 2.36 bits per heavy atom. The molecule has 0 bridgehead atoms. The molecule has 4 aromatic rings. The number of ether oxygens (including phenoxy) is 3. The van der Waals surface area contributed by atoms with Crippen LogP contribution in [0.15, 0.2) is 94.5 Å². The lowest BCUT2D eigenvalue weighted by Gasteiger charge is -2.21. The molecule has 8 nitrogen and oxygen atoms in total. The van der Waals surface area contributed by atoms with E-state index in [9.17, 15) is 9.59 Å². The van der Waals surface area contributed by atoms with Crippen molar-refractivity contribution in [2.24, 2.45) is 5.10 Å². The van der Waals surface area contributed by atoms with Crippen LogP contribution >= 0.6 is 39.1 Å². The highest BCUT2D eigenvalue weighted by Gasteiger charge is 2.25. The van der Waals surface area contributed by atoms with Gasteiger partial charge in [-0.15, -0.1) is 0 Å². The number of carbonyl (C=O) groups is 2. The lowest BCUT2D eigenvalue weighted by atomic mass is 10.1. The molecule has 2 amide bonds. The molecule has 4 aromatic carbocycles. The first-order valence-electron chi connectivity index (χ1n) is 14.0. The van der Waals surface area contributed by atoms with Gasteiger partial charge in [0.05, 0.1) is 22.8 Å². The third-order valence-corrected chi connectivity index (χ3v) is 7.75. The lowest BCUT2D eigenvalue weighted by molar-refractivity contribution is -0.132. The van der Waals surface area contributed by atoms with Crippen molar-refractivity contribution in [3.8, 4) is 17.2 Å². The van der Waals surface area contributed by atoms with E-state index in [2.05, 4.69) is 31.8 Å². The summed E-state index contributed by atoms with van der Waals surface area (Å²) in [5.41, 5.74) is 6.23. The molecule has 0 aliphatic heterocycles. The molecule has 0 aliphatic carbocycles. The van der Waals surface area contributed by atoms with Crippen LogP contribution in [-0.2, 0) is 22.6 Å². The first-order valence-corrected chi connectivity index (χ1v) is 15.5. The Morgan fingerprint density at radius 1 is 0.933 bits per heavy atom. The normalized spacial score (nSPS) is 12.3. The van der Waals surface area contributed by atoms with Crippen molar-refractivity contribution in [2.45, 2.75) is 39.0 Å². The molecule has 234 valence electrons. The number of hydrogen-bond donors (Lipinski definition) is 2. The SMILES string of the molecule is COc1cc(/C=N\NC(=O)[C@H](Cc2ccccc2)NC(=O)[C@@H](C)Oc2ccc(Cl)cc2Cl)cc(Br)c1OCc1ccc(C)cc1. The average Bonchev–Trinajstić information content (AvgIpc) is 3.02. The first-order chi connectivity index (χ1) is 21.6. The van der Waals surface area contributed by atoms with Crippen LogP contribution in [0.25, 0.3) is 0 Å². The van der Waals surface area contributed by atoms with E-state index in [-0.39, 0.29) is 11.4 Å². The van der Waals surface area contributed by atoms with Gasteiger partial charge in [0.2, 0.25) is 0 Å². The van der Waals surface area contributed by atoms with Crippen LogP contribution in [0.5, 0.6) is 17.2 Å². The van der Waals surface area contributed by atoms with Gasteiger partial charge in [-0.25, -0.2) is 5.43 Å². The molecule has 0 unspecified atom stereocenters. The smallest absolute Gasteiger partial charge is 0.262 e. The summed E-state index contributed by atoms with van der Waals surface area (Å²) in [6, 6.07) is 24.7. The minimum Gasteiger partial charge on any atom is -0.493 e. The molecule has 0 saturated heterocycles. The number of aryl methyl sites for hydroxylation is 1. The molecule has 0 saturated carbocycles. The van der Waals surface area contributed by atoms with Gasteiger partial charge in [0, 0.05) is 11.4 Å². The summed E-state index contributed by atoms with van der Waals surface area (Å²) in [5, 5.41) is 7.61. The predicted molar refractivity (Wildman–Crippen MR) is 181 cm³/mol. The molecule has 0 aliphatic rings. The Balaban J connectivity index is 1.43. The molecule has 0 spiro atoms. The van der Waals surface area contributed by atoms with Crippen molar-refractivity contribution in [1.29, 1.82) is 0 Å². The fourth-order valence-electron chi connectivity index (χ4n) is 4.21. The summed E-state index contributed by atoms with van der Waals surface area (Å²) in [4.78, 5) is 26.3. The van der Waals surface area contributed by atoms with Gasteiger partial charge in [0.1, 0.15) is 18.4 Å². The zero-order chi connectivity index (χ0) is 32.3. The third kappa shape index (κ3) is 9.97. The van der Waals surface area contributed by atoms with Crippen LogP contribution in [0, 0.1) is 6.92 Å². The van der Waals surface area contributed by atoms with E-state index in [1.807, 2.05) is 61.5 Å². The second kappa shape index (κ2) is 16.3. The number of benzene rings is 4. The summed E-state index contributed by atoms with van der Waals surface area (Å²) in [5.74, 6) is 0.320. The van der Waals surface area contributed by atoms with Gasteiger partial charge in [-0.2, -0.15) is 5.10 Å². The van der Waals surface area contributed by atoms with Crippen LogP contribution in [-0.4, -0.2) is 37.3 Å². The Morgan fingerprint density at radius 2 is 1.67 bits per heavy atom. The molecule has 0 aromatic heterocycles.